The Labute approximate surface area is 102 Å². The SMILES string of the molecule is CNC1CCc2c(-c3cccnc3)cccc21. The number of rotatable bonds is 2. The molecule has 1 atom stereocenters. The smallest absolute Gasteiger partial charge is 0.0346 e. The molecule has 1 aliphatic rings. The molecule has 1 aromatic heterocycles. The summed E-state index contributed by atoms with van der Waals surface area (Å²) < 4.78 is 0. The van der Waals surface area contributed by atoms with Crippen LogP contribution < -0.4 is 5.32 Å². The van der Waals surface area contributed by atoms with Gasteiger partial charge in [-0.05, 0) is 42.6 Å². The van der Waals surface area contributed by atoms with Crippen LogP contribution in [0.2, 0.25) is 0 Å². The summed E-state index contributed by atoms with van der Waals surface area (Å²) in [6.45, 7) is 0. The molecule has 1 aromatic carbocycles. The van der Waals surface area contributed by atoms with Gasteiger partial charge in [0.2, 0.25) is 0 Å². The zero-order valence-electron chi connectivity index (χ0n) is 9.98. The number of nitrogens with one attached hydrogen (secondary N) is 1. The number of pyridine rings is 1. The maximum atomic E-state index is 4.21. The Balaban J connectivity index is 2.12. The van der Waals surface area contributed by atoms with Crippen LogP contribution in [-0.4, -0.2) is 12.0 Å². The normalized spacial score (nSPS) is 18.1. The molecule has 1 N–H and O–H groups in total. The molecular weight excluding hydrogens is 208 g/mol. The molecule has 86 valence electrons. The number of fused-ring (bicyclic) bond motifs is 1. The minimum atomic E-state index is 0.515. The molecule has 1 unspecified atom stereocenters. The monoisotopic (exact) mass is 224 g/mol. The molecule has 2 aromatic rings. The molecule has 17 heavy (non-hydrogen) atoms. The van der Waals surface area contributed by atoms with Gasteiger partial charge >= 0.3 is 0 Å². The topological polar surface area (TPSA) is 24.9 Å². The minimum Gasteiger partial charge on any atom is -0.313 e. The molecule has 2 heteroatoms. The Morgan fingerprint density at radius 2 is 2.18 bits per heavy atom. The van der Waals surface area contributed by atoms with E-state index in [4.69, 9.17) is 0 Å². The fourth-order valence-corrected chi connectivity index (χ4v) is 2.75. The second-order valence-electron chi connectivity index (χ2n) is 4.49. The van der Waals surface area contributed by atoms with Crippen LogP contribution >= 0.6 is 0 Å². The predicted octanol–water partition coefficient (Wildman–Crippen LogP) is 2.96. The maximum Gasteiger partial charge on any atom is 0.0346 e. The number of benzene rings is 1. The summed E-state index contributed by atoms with van der Waals surface area (Å²) in [5.41, 5.74) is 5.50. The highest BCUT2D eigenvalue weighted by Crippen LogP contribution is 2.37. The Morgan fingerprint density at radius 3 is 2.94 bits per heavy atom. The minimum absolute atomic E-state index is 0.515. The molecule has 0 radical (unpaired) electrons. The molecule has 1 heterocycles. The number of aromatic nitrogens is 1. The van der Waals surface area contributed by atoms with Crippen LogP contribution in [0, 0.1) is 0 Å². The molecule has 3 rings (SSSR count). The zero-order chi connectivity index (χ0) is 11.7. The molecule has 0 aliphatic heterocycles. The van der Waals surface area contributed by atoms with Crippen molar-refractivity contribution in [2.75, 3.05) is 7.05 Å². The van der Waals surface area contributed by atoms with Gasteiger partial charge in [0.05, 0.1) is 0 Å². The third kappa shape index (κ3) is 1.75. The molecule has 0 spiro atoms. The van der Waals surface area contributed by atoms with Gasteiger partial charge in [-0.2, -0.15) is 0 Å². The van der Waals surface area contributed by atoms with Gasteiger partial charge < -0.3 is 5.32 Å². The lowest BCUT2D eigenvalue weighted by atomic mass is 9.97. The number of hydrogen-bond acceptors (Lipinski definition) is 2. The Hall–Kier alpha value is -1.67. The van der Waals surface area contributed by atoms with E-state index in [2.05, 4.69) is 34.6 Å². The van der Waals surface area contributed by atoms with E-state index in [0.717, 1.165) is 6.42 Å². The van der Waals surface area contributed by atoms with Crippen LogP contribution in [0.3, 0.4) is 0 Å². The third-order valence-electron chi connectivity index (χ3n) is 3.59. The Morgan fingerprint density at radius 1 is 1.24 bits per heavy atom. The van der Waals surface area contributed by atoms with Gasteiger partial charge in [-0.1, -0.05) is 24.3 Å². The second-order valence-corrected chi connectivity index (χ2v) is 4.49. The Kier molecular flexibility index (Phi) is 2.65. The molecule has 0 amide bonds. The number of hydrogen-bond donors (Lipinski definition) is 1. The molecule has 0 saturated heterocycles. The van der Waals surface area contributed by atoms with Crippen LogP contribution in [0.4, 0.5) is 0 Å². The van der Waals surface area contributed by atoms with Gasteiger partial charge in [-0.15, -0.1) is 0 Å². The zero-order valence-corrected chi connectivity index (χ0v) is 9.98. The van der Waals surface area contributed by atoms with Gasteiger partial charge in [0, 0.05) is 24.0 Å². The van der Waals surface area contributed by atoms with E-state index >= 15 is 0 Å². The summed E-state index contributed by atoms with van der Waals surface area (Å²) in [5.74, 6) is 0. The van der Waals surface area contributed by atoms with Crippen LogP contribution in [0.25, 0.3) is 11.1 Å². The summed E-state index contributed by atoms with van der Waals surface area (Å²) in [7, 11) is 2.04. The van der Waals surface area contributed by atoms with E-state index in [-0.39, 0.29) is 0 Å². The highest BCUT2D eigenvalue weighted by molar-refractivity contribution is 5.69. The van der Waals surface area contributed by atoms with E-state index < -0.39 is 0 Å². The summed E-state index contributed by atoms with van der Waals surface area (Å²) >= 11 is 0. The quantitative estimate of drug-likeness (QED) is 0.848. The summed E-state index contributed by atoms with van der Waals surface area (Å²) in [6.07, 6.45) is 6.13. The van der Waals surface area contributed by atoms with Gasteiger partial charge in [0.25, 0.3) is 0 Å². The first-order valence-corrected chi connectivity index (χ1v) is 6.09. The highest BCUT2D eigenvalue weighted by Gasteiger charge is 2.23. The van der Waals surface area contributed by atoms with E-state index in [0.29, 0.717) is 6.04 Å². The molecule has 0 fully saturated rings. The van der Waals surface area contributed by atoms with Crippen molar-refractivity contribution in [1.29, 1.82) is 0 Å². The van der Waals surface area contributed by atoms with E-state index in [9.17, 15) is 0 Å². The molecular formula is C15H16N2. The molecule has 0 bridgehead atoms. The first-order valence-electron chi connectivity index (χ1n) is 6.09. The van der Waals surface area contributed by atoms with Crippen LogP contribution in [-0.2, 0) is 6.42 Å². The van der Waals surface area contributed by atoms with Gasteiger partial charge in [-0.25, -0.2) is 0 Å². The lowest BCUT2D eigenvalue weighted by molar-refractivity contribution is 0.590. The van der Waals surface area contributed by atoms with Gasteiger partial charge in [0.1, 0.15) is 0 Å². The fourth-order valence-electron chi connectivity index (χ4n) is 2.75. The molecule has 1 aliphatic carbocycles. The number of nitrogens with zero attached hydrogens (tertiary/aromatic N) is 1. The summed E-state index contributed by atoms with van der Waals surface area (Å²) in [4.78, 5) is 4.21. The molecule has 2 nitrogen and oxygen atoms in total. The van der Waals surface area contributed by atoms with Crippen LogP contribution in [0.15, 0.2) is 42.7 Å². The van der Waals surface area contributed by atoms with Crippen molar-refractivity contribution in [3.8, 4) is 11.1 Å². The Bertz CT molecular complexity index is 520. The van der Waals surface area contributed by atoms with Crippen molar-refractivity contribution in [2.45, 2.75) is 18.9 Å². The maximum absolute atomic E-state index is 4.21. The predicted molar refractivity (Wildman–Crippen MR) is 69.8 cm³/mol. The third-order valence-corrected chi connectivity index (χ3v) is 3.59. The van der Waals surface area contributed by atoms with Crippen molar-refractivity contribution in [3.05, 3.63) is 53.9 Å². The largest absolute Gasteiger partial charge is 0.313 e. The van der Waals surface area contributed by atoms with Crippen LogP contribution in [0.1, 0.15) is 23.6 Å². The second kappa shape index (κ2) is 4.30. The highest BCUT2D eigenvalue weighted by atomic mass is 14.9. The first-order chi connectivity index (χ1) is 8.40. The molecule has 0 saturated carbocycles. The van der Waals surface area contributed by atoms with Crippen molar-refractivity contribution >= 4 is 0 Å². The van der Waals surface area contributed by atoms with E-state index in [1.807, 2.05) is 25.5 Å². The van der Waals surface area contributed by atoms with E-state index in [1.165, 1.54) is 28.7 Å². The van der Waals surface area contributed by atoms with Crippen molar-refractivity contribution in [1.82, 2.24) is 10.3 Å². The van der Waals surface area contributed by atoms with Gasteiger partial charge in [-0.3, -0.25) is 4.98 Å². The van der Waals surface area contributed by atoms with E-state index in [1.54, 1.807) is 0 Å². The lowest BCUT2D eigenvalue weighted by Crippen LogP contribution is -2.12. The van der Waals surface area contributed by atoms with Gasteiger partial charge in [0.15, 0.2) is 0 Å². The summed E-state index contributed by atoms with van der Waals surface area (Å²) in [5, 5.41) is 3.38. The van der Waals surface area contributed by atoms with Crippen molar-refractivity contribution < 1.29 is 0 Å². The first kappa shape index (κ1) is 10.5. The van der Waals surface area contributed by atoms with Crippen molar-refractivity contribution in [2.24, 2.45) is 0 Å². The lowest BCUT2D eigenvalue weighted by Gasteiger charge is -2.12. The summed E-state index contributed by atoms with van der Waals surface area (Å²) in [6, 6.07) is 11.2. The van der Waals surface area contributed by atoms with Crippen molar-refractivity contribution in [3.63, 3.8) is 0 Å². The fraction of sp³-hybridized carbons (Fsp3) is 0.267. The van der Waals surface area contributed by atoms with Crippen LogP contribution in [0.5, 0.6) is 0 Å². The average Bonchev–Trinajstić information content (AvgIpc) is 2.82. The standard InChI is InChI=1S/C15H16N2/c1-16-15-8-7-13-12(5-2-6-14(13)15)11-4-3-9-17-10-11/h2-6,9-10,15-16H,7-8H2,1H3. The average molecular weight is 224 g/mol.